The Labute approximate surface area is 159 Å². The van der Waals surface area contributed by atoms with Crippen LogP contribution in [-0.2, 0) is 13.1 Å². The zero-order valence-electron chi connectivity index (χ0n) is 13.2. The lowest BCUT2D eigenvalue weighted by molar-refractivity contribution is 0.281. The average Bonchev–Trinajstić information content (AvgIpc) is 2.50. The van der Waals surface area contributed by atoms with E-state index in [0.29, 0.717) is 5.84 Å². The van der Waals surface area contributed by atoms with E-state index >= 15 is 0 Å². The van der Waals surface area contributed by atoms with Crippen molar-refractivity contribution in [3.8, 4) is 5.75 Å². The van der Waals surface area contributed by atoms with Crippen molar-refractivity contribution < 1.29 is 4.74 Å². The van der Waals surface area contributed by atoms with Crippen molar-refractivity contribution in [2.24, 2.45) is 10.7 Å². The molecule has 4 nitrogen and oxygen atoms in total. The minimum atomic E-state index is -0.170. The Morgan fingerprint density at radius 2 is 1.92 bits per heavy atom. The molecule has 1 aliphatic heterocycles. The molecule has 1 atom stereocenters. The summed E-state index contributed by atoms with van der Waals surface area (Å²) in [7, 11) is 0. The summed E-state index contributed by atoms with van der Waals surface area (Å²) in [6.45, 7) is 3.33. The number of ether oxygens (including phenoxy) is 1. The van der Waals surface area contributed by atoms with Gasteiger partial charge in [0.1, 0.15) is 17.3 Å². The van der Waals surface area contributed by atoms with E-state index < -0.39 is 0 Å². The van der Waals surface area contributed by atoms with Crippen LogP contribution in [0.1, 0.15) is 18.1 Å². The minimum Gasteiger partial charge on any atom is -0.481 e. The van der Waals surface area contributed by atoms with E-state index in [1.54, 1.807) is 0 Å². The molecular weight excluding hydrogens is 369 g/mol. The molecule has 0 aliphatic carbocycles. The van der Waals surface area contributed by atoms with E-state index in [2.05, 4.69) is 10.3 Å². The lowest BCUT2D eigenvalue weighted by Gasteiger charge is -2.21. The van der Waals surface area contributed by atoms with E-state index in [9.17, 15) is 0 Å². The maximum absolute atomic E-state index is 6.14. The first kappa shape index (κ1) is 20.6. The van der Waals surface area contributed by atoms with Crippen LogP contribution in [0.2, 0.25) is 5.02 Å². The topological polar surface area (TPSA) is 59.6 Å². The van der Waals surface area contributed by atoms with Gasteiger partial charge in [-0.15, -0.1) is 24.8 Å². The van der Waals surface area contributed by atoms with Crippen LogP contribution in [0.4, 0.5) is 5.69 Å². The molecule has 0 radical (unpaired) electrons. The fraction of sp³-hybridized carbons (Fsp3) is 0.235. The van der Waals surface area contributed by atoms with Gasteiger partial charge in [0.2, 0.25) is 0 Å². The summed E-state index contributed by atoms with van der Waals surface area (Å²) in [6.07, 6.45) is -0.170. The van der Waals surface area contributed by atoms with Crippen LogP contribution in [-0.4, -0.2) is 11.9 Å². The molecule has 0 fully saturated rings. The van der Waals surface area contributed by atoms with Gasteiger partial charge in [-0.2, -0.15) is 0 Å². The van der Waals surface area contributed by atoms with Crippen molar-refractivity contribution in [2.75, 3.05) is 0 Å². The first-order valence-corrected chi connectivity index (χ1v) is 7.59. The number of nitrogens with one attached hydrogen (secondary N) is 1. The molecule has 130 valence electrons. The summed E-state index contributed by atoms with van der Waals surface area (Å²) < 4.78 is 5.69. The molecule has 0 saturated heterocycles. The van der Waals surface area contributed by atoms with Gasteiger partial charge >= 0.3 is 0 Å². The number of aliphatic imine (C=N–C) groups is 1. The van der Waals surface area contributed by atoms with Crippen molar-refractivity contribution >= 4 is 47.9 Å². The first-order chi connectivity index (χ1) is 10.6. The van der Waals surface area contributed by atoms with Gasteiger partial charge in [-0.25, -0.2) is 4.99 Å². The lowest BCUT2D eigenvalue weighted by atomic mass is 10.1. The zero-order valence-corrected chi connectivity index (χ0v) is 15.5. The third-order valence-electron chi connectivity index (χ3n) is 3.60. The van der Waals surface area contributed by atoms with Gasteiger partial charge in [0.05, 0.1) is 0 Å². The van der Waals surface area contributed by atoms with Crippen LogP contribution in [0.15, 0.2) is 47.5 Å². The summed E-state index contributed by atoms with van der Waals surface area (Å²) >= 11 is 6.14. The van der Waals surface area contributed by atoms with Crippen LogP contribution in [0.25, 0.3) is 0 Å². The van der Waals surface area contributed by atoms with Crippen molar-refractivity contribution in [1.82, 2.24) is 5.32 Å². The highest BCUT2D eigenvalue weighted by molar-refractivity contribution is 6.31. The predicted molar refractivity (Wildman–Crippen MR) is 104 cm³/mol. The van der Waals surface area contributed by atoms with Gasteiger partial charge in [-0.05, 0) is 36.2 Å². The molecule has 0 spiro atoms. The molecule has 3 N–H and O–H groups in total. The monoisotopic (exact) mass is 387 g/mol. The van der Waals surface area contributed by atoms with Crippen LogP contribution in [0, 0.1) is 0 Å². The number of fused-ring (bicyclic) bond motifs is 1. The van der Waals surface area contributed by atoms with Gasteiger partial charge in [-0.3, -0.25) is 0 Å². The molecule has 1 heterocycles. The maximum atomic E-state index is 6.14. The molecule has 1 unspecified atom stereocenters. The normalized spacial score (nSPS) is 15.2. The number of hydrogen-bond donors (Lipinski definition) is 2. The summed E-state index contributed by atoms with van der Waals surface area (Å²) in [5.41, 5.74) is 8.83. The van der Waals surface area contributed by atoms with Crippen molar-refractivity contribution in [3.05, 3.63) is 58.6 Å². The Morgan fingerprint density at radius 1 is 1.17 bits per heavy atom. The van der Waals surface area contributed by atoms with E-state index in [1.807, 2.05) is 49.4 Å². The number of amidine groups is 1. The Kier molecular flexibility index (Phi) is 7.84. The predicted octanol–water partition coefficient (Wildman–Crippen LogP) is 4.24. The number of hydrogen-bond acceptors (Lipinski definition) is 4. The highest BCUT2D eigenvalue weighted by Crippen LogP contribution is 2.32. The Hall–Kier alpha value is -1.46. The molecule has 7 heteroatoms. The number of nitrogens with two attached hydrogens (primary N) is 1. The lowest BCUT2D eigenvalue weighted by Crippen LogP contribution is -2.33. The van der Waals surface area contributed by atoms with Gasteiger partial charge in [0.15, 0.2) is 6.10 Å². The molecule has 2 aromatic rings. The molecule has 0 amide bonds. The first-order valence-electron chi connectivity index (χ1n) is 7.21. The van der Waals surface area contributed by atoms with Crippen LogP contribution in [0.3, 0.4) is 0 Å². The summed E-state index contributed by atoms with van der Waals surface area (Å²) in [4.78, 5) is 4.39. The molecule has 0 saturated carbocycles. The van der Waals surface area contributed by atoms with E-state index in [-0.39, 0.29) is 30.9 Å². The second kappa shape index (κ2) is 9.14. The van der Waals surface area contributed by atoms with E-state index in [4.69, 9.17) is 22.1 Å². The Balaban J connectivity index is 0.00000144. The number of benzene rings is 2. The third-order valence-corrected chi connectivity index (χ3v) is 3.96. The molecule has 2 aromatic carbocycles. The van der Waals surface area contributed by atoms with Crippen molar-refractivity contribution in [1.29, 1.82) is 0 Å². The standard InChI is InChI=1S/C17H18ClN3O.2ClH/c1-11-17(19)21-15-8-12(6-7-16(15)22-11)9-20-10-13-4-2-3-5-14(13)18;;/h2-8,11,20H,9-10H2,1H3,(H2,19,21);2*1H. The quantitative estimate of drug-likeness (QED) is 0.823. The fourth-order valence-corrected chi connectivity index (χ4v) is 2.53. The van der Waals surface area contributed by atoms with Gasteiger partial charge < -0.3 is 15.8 Å². The van der Waals surface area contributed by atoms with Crippen LogP contribution < -0.4 is 15.8 Å². The molecule has 24 heavy (non-hydrogen) atoms. The highest BCUT2D eigenvalue weighted by atomic mass is 35.5. The Bertz CT molecular complexity index is 722. The second-order valence-corrected chi connectivity index (χ2v) is 5.70. The molecule has 1 aliphatic rings. The zero-order chi connectivity index (χ0) is 15.5. The SMILES string of the molecule is CC1Oc2ccc(CNCc3ccccc3Cl)cc2N=C1N.Cl.Cl. The fourth-order valence-electron chi connectivity index (χ4n) is 2.32. The molecule has 3 rings (SSSR count). The summed E-state index contributed by atoms with van der Waals surface area (Å²) in [6, 6.07) is 13.8. The smallest absolute Gasteiger partial charge is 0.153 e. The van der Waals surface area contributed by atoms with Crippen LogP contribution >= 0.6 is 36.4 Å². The molecule has 0 bridgehead atoms. The second-order valence-electron chi connectivity index (χ2n) is 5.29. The summed E-state index contributed by atoms with van der Waals surface area (Å²) in [5.74, 6) is 1.28. The number of rotatable bonds is 4. The average molecular weight is 389 g/mol. The van der Waals surface area contributed by atoms with Crippen LogP contribution in [0.5, 0.6) is 5.75 Å². The maximum Gasteiger partial charge on any atom is 0.153 e. The number of halogens is 3. The number of nitrogens with zero attached hydrogens (tertiary/aromatic N) is 1. The van der Waals surface area contributed by atoms with E-state index in [0.717, 1.165) is 40.7 Å². The minimum absolute atomic E-state index is 0. The molecule has 0 aromatic heterocycles. The Morgan fingerprint density at radius 3 is 2.67 bits per heavy atom. The molecular formula is C17H20Cl3N3O. The largest absolute Gasteiger partial charge is 0.481 e. The summed E-state index contributed by atoms with van der Waals surface area (Å²) in [5, 5.41) is 4.16. The van der Waals surface area contributed by atoms with Gasteiger partial charge in [0.25, 0.3) is 0 Å². The van der Waals surface area contributed by atoms with Crippen molar-refractivity contribution in [3.63, 3.8) is 0 Å². The van der Waals surface area contributed by atoms with E-state index in [1.165, 1.54) is 0 Å². The van der Waals surface area contributed by atoms with Gasteiger partial charge in [0, 0.05) is 18.1 Å². The third kappa shape index (κ3) is 4.77. The van der Waals surface area contributed by atoms with Gasteiger partial charge in [-0.1, -0.05) is 35.9 Å². The highest BCUT2D eigenvalue weighted by Gasteiger charge is 2.18. The van der Waals surface area contributed by atoms with Crippen molar-refractivity contribution in [2.45, 2.75) is 26.1 Å².